The number of H-pyrrole nitrogens is 1. The minimum absolute atomic E-state index is 0.118. The van der Waals surface area contributed by atoms with E-state index in [0.717, 1.165) is 5.56 Å². The molecule has 1 unspecified atom stereocenters. The zero-order valence-electron chi connectivity index (χ0n) is 22.9. The lowest BCUT2D eigenvalue weighted by Gasteiger charge is -2.37. The quantitative estimate of drug-likeness (QED) is 0.442. The first kappa shape index (κ1) is 28.1. The molecule has 1 saturated heterocycles. The van der Waals surface area contributed by atoms with Gasteiger partial charge in [0, 0.05) is 25.3 Å². The van der Waals surface area contributed by atoms with Gasteiger partial charge in [0.15, 0.2) is 0 Å². The summed E-state index contributed by atoms with van der Waals surface area (Å²) in [7, 11) is 0. The fourth-order valence-corrected chi connectivity index (χ4v) is 5.02. The Morgan fingerprint density at radius 2 is 1.85 bits per heavy atom. The maximum absolute atomic E-state index is 13.0. The summed E-state index contributed by atoms with van der Waals surface area (Å²) in [6, 6.07) is 14.4. The van der Waals surface area contributed by atoms with Gasteiger partial charge >= 0.3 is 17.8 Å². The zero-order valence-corrected chi connectivity index (χ0v) is 22.9. The molecule has 0 bridgehead atoms. The van der Waals surface area contributed by atoms with Gasteiger partial charge in [-0.2, -0.15) is 0 Å². The van der Waals surface area contributed by atoms with Gasteiger partial charge in [0.25, 0.3) is 5.56 Å². The number of hydrogen-bond acceptors (Lipinski definition) is 7. The smallest absolute Gasteiger partial charge is 0.412 e. The molecule has 39 heavy (non-hydrogen) atoms. The van der Waals surface area contributed by atoms with E-state index in [1.54, 1.807) is 58.0 Å². The zero-order chi connectivity index (χ0) is 28.2. The van der Waals surface area contributed by atoms with Crippen molar-refractivity contribution in [1.29, 1.82) is 0 Å². The number of aromatic nitrogens is 2. The van der Waals surface area contributed by atoms with Crippen LogP contribution in [0.25, 0.3) is 10.9 Å². The lowest BCUT2D eigenvalue weighted by Crippen LogP contribution is -2.46. The van der Waals surface area contributed by atoms with Crippen LogP contribution in [0.1, 0.15) is 45.6 Å². The lowest BCUT2D eigenvalue weighted by molar-refractivity contribution is -0.150. The molecule has 10 heteroatoms. The van der Waals surface area contributed by atoms with E-state index in [2.05, 4.69) is 15.2 Å². The van der Waals surface area contributed by atoms with E-state index in [-0.39, 0.29) is 30.6 Å². The molecule has 1 aromatic heterocycles. The van der Waals surface area contributed by atoms with Crippen LogP contribution in [0.5, 0.6) is 0 Å². The molecule has 10 nitrogen and oxygen atoms in total. The number of para-hydroxylation sites is 1. The summed E-state index contributed by atoms with van der Waals surface area (Å²) in [5.74, 6) is -0.854. The molecule has 1 aliphatic rings. The SMILES string of the molecule is CCOC(=O)[C@@H]1CN(CCn2c(=O)[nH]c3ccccc3c2=O)CCC1c1cccc(NC(=O)OC(C)(C)C)c1. The number of esters is 1. The van der Waals surface area contributed by atoms with Crippen LogP contribution in [0.15, 0.2) is 58.1 Å². The highest BCUT2D eigenvalue weighted by molar-refractivity contribution is 5.85. The molecule has 1 fully saturated rings. The number of anilines is 1. The van der Waals surface area contributed by atoms with Crippen LogP contribution >= 0.6 is 0 Å². The largest absolute Gasteiger partial charge is 0.466 e. The van der Waals surface area contributed by atoms with Crippen molar-refractivity contribution in [3.8, 4) is 0 Å². The minimum atomic E-state index is -0.619. The number of nitrogens with zero attached hydrogens (tertiary/aromatic N) is 2. The number of fused-ring (bicyclic) bond motifs is 1. The number of rotatable bonds is 7. The molecular weight excluding hydrogens is 500 g/mol. The van der Waals surface area contributed by atoms with Crippen molar-refractivity contribution in [3.63, 3.8) is 0 Å². The van der Waals surface area contributed by atoms with Gasteiger partial charge in [0.1, 0.15) is 5.60 Å². The van der Waals surface area contributed by atoms with E-state index in [1.807, 2.05) is 18.2 Å². The van der Waals surface area contributed by atoms with Gasteiger partial charge in [-0.15, -0.1) is 0 Å². The first-order valence-electron chi connectivity index (χ1n) is 13.3. The summed E-state index contributed by atoms with van der Waals surface area (Å²) in [5.41, 5.74) is 0.609. The fraction of sp³-hybridized carbons (Fsp3) is 0.448. The molecule has 2 aromatic carbocycles. The number of carbonyl (C=O) groups excluding carboxylic acids is 2. The molecule has 3 aromatic rings. The van der Waals surface area contributed by atoms with E-state index in [9.17, 15) is 19.2 Å². The van der Waals surface area contributed by atoms with Crippen LogP contribution < -0.4 is 16.6 Å². The van der Waals surface area contributed by atoms with Crippen LogP contribution in [0.3, 0.4) is 0 Å². The van der Waals surface area contributed by atoms with Crippen LogP contribution in [-0.4, -0.2) is 58.4 Å². The van der Waals surface area contributed by atoms with Gasteiger partial charge < -0.3 is 19.4 Å². The van der Waals surface area contributed by atoms with Gasteiger partial charge in [-0.25, -0.2) is 9.59 Å². The highest BCUT2D eigenvalue weighted by Gasteiger charge is 2.36. The Morgan fingerprint density at radius 1 is 1.08 bits per heavy atom. The molecule has 2 heterocycles. The van der Waals surface area contributed by atoms with Crippen molar-refractivity contribution < 1.29 is 19.1 Å². The highest BCUT2D eigenvalue weighted by Crippen LogP contribution is 2.35. The van der Waals surface area contributed by atoms with Crippen molar-refractivity contribution in [1.82, 2.24) is 14.5 Å². The molecule has 1 aliphatic heterocycles. The van der Waals surface area contributed by atoms with E-state index >= 15 is 0 Å². The van der Waals surface area contributed by atoms with Gasteiger partial charge in [-0.05, 0) is 76.4 Å². The summed E-state index contributed by atoms with van der Waals surface area (Å²) < 4.78 is 12.0. The Balaban J connectivity index is 1.49. The summed E-state index contributed by atoms with van der Waals surface area (Å²) in [6.45, 7) is 9.17. The van der Waals surface area contributed by atoms with Crippen molar-refractivity contribution in [2.75, 3.05) is 31.6 Å². The van der Waals surface area contributed by atoms with E-state index in [1.165, 1.54) is 4.57 Å². The van der Waals surface area contributed by atoms with E-state index in [4.69, 9.17) is 9.47 Å². The van der Waals surface area contributed by atoms with Gasteiger partial charge in [0.2, 0.25) is 0 Å². The number of aromatic amines is 1. The second-order valence-corrected chi connectivity index (χ2v) is 10.7. The molecule has 4 rings (SSSR count). The Kier molecular flexibility index (Phi) is 8.54. The Morgan fingerprint density at radius 3 is 2.59 bits per heavy atom. The molecule has 2 atom stereocenters. The minimum Gasteiger partial charge on any atom is -0.466 e. The third-order valence-corrected chi connectivity index (χ3v) is 6.78. The number of carbonyl (C=O) groups is 2. The number of amides is 1. The van der Waals surface area contributed by atoms with Crippen molar-refractivity contribution in [2.24, 2.45) is 5.92 Å². The van der Waals surface area contributed by atoms with E-state index in [0.29, 0.717) is 42.6 Å². The van der Waals surface area contributed by atoms with Crippen LogP contribution in [0.4, 0.5) is 10.5 Å². The first-order valence-corrected chi connectivity index (χ1v) is 13.3. The molecule has 0 aliphatic carbocycles. The van der Waals surface area contributed by atoms with Crippen molar-refractivity contribution >= 4 is 28.7 Å². The molecule has 208 valence electrons. The van der Waals surface area contributed by atoms with Crippen LogP contribution in [-0.2, 0) is 20.8 Å². The summed E-state index contributed by atoms with van der Waals surface area (Å²) in [5, 5.41) is 3.22. The van der Waals surface area contributed by atoms with Crippen molar-refractivity contribution in [3.05, 3.63) is 74.9 Å². The average molecular weight is 537 g/mol. The van der Waals surface area contributed by atoms with Crippen LogP contribution in [0.2, 0.25) is 0 Å². The Labute approximate surface area is 226 Å². The average Bonchev–Trinajstić information content (AvgIpc) is 2.87. The predicted molar refractivity (Wildman–Crippen MR) is 149 cm³/mol. The number of benzene rings is 2. The molecule has 2 N–H and O–H groups in total. The molecule has 0 radical (unpaired) electrons. The maximum atomic E-state index is 13.0. The topological polar surface area (TPSA) is 123 Å². The summed E-state index contributed by atoms with van der Waals surface area (Å²) in [4.78, 5) is 55.6. The fourth-order valence-electron chi connectivity index (χ4n) is 5.02. The molecular formula is C29H36N4O6. The third kappa shape index (κ3) is 6.94. The second kappa shape index (κ2) is 11.9. The first-order chi connectivity index (χ1) is 18.6. The second-order valence-electron chi connectivity index (χ2n) is 10.7. The summed E-state index contributed by atoms with van der Waals surface area (Å²) in [6.07, 6.45) is 0.123. The number of nitrogens with one attached hydrogen (secondary N) is 2. The van der Waals surface area contributed by atoms with Gasteiger partial charge in [-0.3, -0.25) is 19.5 Å². The third-order valence-electron chi connectivity index (χ3n) is 6.78. The molecule has 1 amide bonds. The normalized spacial score (nSPS) is 18.1. The van der Waals surface area contributed by atoms with Crippen LogP contribution in [0, 0.1) is 5.92 Å². The number of ether oxygens (including phenoxy) is 2. The number of piperidine rings is 1. The summed E-state index contributed by atoms with van der Waals surface area (Å²) >= 11 is 0. The number of hydrogen-bond donors (Lipinski definition) is 2. The highest BCUT2D eigenvalue weighted by atomic mass is 16.6. The standard InChI is InChI=1S/C29H36N4O6/c1-5-38-26(35)23-18-32(15-16-33-25(34)22-11-6-7-12-24(22)31-27(33)36)14-13-21(23)19-9-8-10-20(17-19)30-28(37)39-29(2,3)4/h6-12,17,21,23H,5,13-16,18H2,1-4H3,(H,30,37)(H,31,36)/t21?,23-/m1/s1. The lowest BCUT2D eigenvalue weighted by atomic mass is 9.80. The molecule has 0 saturated carbocycles. The maximum Gasteiger partial charge on any atom is 0.412 e. The molecule has 0 spiro atoms. The number of likely N-dealkylation sites (tertiary alicyclic amines) is 1. The Bertz CT molecular complexity index is 1450. The monoisotopic (exact) mass is 536 g/mol. The predicted octanol–water partition coefficient (Wildman–Crippen LogP) is 3.71. The Hall–Kier alpha value is -3.92. The van der Waals surface area contributed by atoms with Crippen molar-refractivity contribution in [2.45, 2.75) is 52.2 Å². The van der Waals surface area contributed by atoms with Gasteiger partial charge in [-0.1, -0.05) is 24.3 Å². The van der Waals surface area contributed by atoms with E-state index < -0.39 is 23.3 Å². The van der Waals surface area contributed by atoms with Gasteiger partial charge in [0.05, 0.1) is 23.4 Å².